The van der Waals surface area contributed by atoms with Gasteiger partial charge >= 0.3 is 0 Å². The van der Waals surface area contributed by atoms with Crippen molar-refractivity contribution in [3.63, 3.8) is 0 Å². The van der Waals surface area contributed by atoms with Crippen molar-refractivity contribution in [1.29, 1.82) is 0 Å². The molecule has 19 heavy (non-hydrogen) atoms. The van der Waals surface area contributed by atoms with E-state index in [1.165, 1.54) is 32.4 Å². The predicted octanol–water partition coefficient (Wildman–Crippen LogP) is 4.60. The Morgan fingerprint density at radius 2 is 1.53 bits per heavy atom. The van der Waals surface area contributed by atoms with Crippen LogP contribution in [0.3, 0.4) is 0 Å². The van der Waals surface area contributed by atoms with Crippen molar-refractivity contribution >= 4 is 0 Å². The predicted molar refractivity (Wildman–Crippen MR) is 84.9 cm³/mol. The van der Waals surface area contributed by atoms with E-state index in [9.17, 15) is 0 Å². The van der Waals surface area contributed by atoms with Crippen LogP contribution in [0.1, 0.15) is 47.0 Å². The van der Waals surface area contributed by atoms with Crippen LogP contribution < -0.4 is 4.74 Å². The van der Waals surface area contributed by atoms with E-state index in [4.69, 9.17) is 4.74 Å². The molecule has 2 nitrogen and oxygen atoms in total. The molecule has 1 fully saturated rings. The van der Waals surface area contributed by atoms with E-state index >= 15 is 0 Å². The minimum atomic E-state index is 0.810. The molecule has 2 heteroatoms. The summed E-state index contributed by atoms with van der Waals surface area (Å²) in [6.45, 7) is 12.6. The monoisotopic (exact) mass is 265 g/mol. The number of hydrogen-bond acceptors (Lipinski definition) is 2. The Hall–Kier alpha value is -1.02. The number of hydrogen-bond donors (Lipinski definition) is 0. The topological polar surface area (TPSA) is 12.5 Å². The molecule has 0 aliphatic carbocycles. The smallest absolute Gasteiger partial charge is 0.119 e. The van der Waals surface area contributed by atoms with E-state index in [0.717, 1.165) is 18.9 Å². The van der Waals surface area contributed by atoms with Crippen LogP contribution in [-0.4, -0.2) is 31.1 Å². The highest BCUT2D eigenvalue weighted by Gasteiger charge is 2.10. The van der Waals surface area contributed by atoms with Gasteiger partial charge in [-0.05, 0) is 38.1 Å². The summed E-state index contributed by atoms with van der Waals surface area (Å²) in [5, 5.41) is 0. The molecule has 0 N–H and O–H groups in total. The van der Waals surface area contributed by atoms with Crippen LogP contribution in [0.2, 0.25) is 0 Å². The Kier molecular flexibility index (Phi) is 12.7. The highest BCUT2D eigenvalue weighted by atomic mass is 16.5. The molecule has 0 atom stereocenters. The maximum Gasteiger partial charge on any atom is 0.119 e. The van der Waals surface area contributed by atoms with Crippen LogP contribution in [0.25, 0.3) is 0 Å². The first-order valence-electron chi connectivity index (χ1n) is 7.77. The lowest BCUT2D eigenvalue weighted by atomic mass is 10.3. The van der Waals surface area contributed by atoms with Crippen molar-refractivity contribution in [2.75, 3.05) is 26.2 Å². The molecule has 0 unspecified atom stereocenters. The molecule has 1 saturated heterocycles. The zero-order valence-corrected chi connectivity index (χ0v) is 13.2. The van der Waals surface area contributed by atoms with E-state index in [1.807, 2.05) is 44.2 Å². The Morgan fingerprint density at radius 3 is 2.05 bits per heavy atom. The third-order valence-electron chi connectivity index (χ3n) is 2.62. The summed E-state index contributed by atoms with van der Waals surface area (Å²) in [7, 11) is 0. The van der Waals surface area contributed by atoms with Gasteiger partial charge in [0.2, 0.25) is 0 Å². The van der Waals surface area contributed by atoms with Crippen LogP contribution in [0.4, 0.5) is 0 Å². The van der Waals surface area contributed by atoms with Gasteiger partial charge in [-0.2, -0.15) is 0 Å². The zero-order valence-electron chi connectivity index (χ0n) is 13.2. The number of ether oxygens (including phenoxy) is 1. The summed E-state index contributed by atoms with van der Waals surface area (Å²) in [4.78, 5) is 2.46. The first kappa shape index (κ1) is 18.0. The normalized spacial score (nSPS) is 13.9. The Morgan fingerprint density at radius 1 is 1.00 bits per heavy atom. The summed E-state index contributed by atoms with van der Waals surface area (Å²) in [6.07, 6.45) is 3.96. The standard InChI is InChI=1S/C12H17NO.C3H8.C2H6/c1-2-6-12(7-3-1)14-11-10-13-8-4-5-9-13;1-3-2;1-2/h1-3,6-7H,4-5,8-11H2;3H2,1-2H3;1-2H3. The third-order valence-corrected chi connectivity index (χ3v) is 2.62. The second-order valence-electron chi connectivity index (χ2n) is 4.42. The lowest BCUT2D eigenvalue weighted by molar-refractivity contribution is 0.238. The van der Waals surface area contributed by atoms with Gasteiger partial charge in [-0.1, -0.05) is 52.3 Å². The summed E-state index contributed by atoms with van der Waals surface area (Å²) < 4.78 is 5.63. The number of para-hydroxylation sites is 1. The summed E-state index contributed by atoms with van der Waals surface area (Å²) in [5.74, 6) is 0.978. The minimum absolute atomic E-state index is 0.810. The molecule has 0 radical (unpaired) electrons. The molecule has 0 aromatic heterocycles. The average Bonchev–Trinajstić information content (AvgIpc) is 2.96. The third kappa shape index (κ3) is 9.54. The van der Waals surface area contributed by atoms with Gasteiger partial charge in [0, 0.05) is 6.54 Å². The summed E-state index contributed by atoms with van der Waals surface area (Å²) in [6, 6.07) is 10.0. The fourth-order valence-electron chi connectivity index (χ4n) is 1.82. The second-order valence-corrected chi connectivity index (χ2v) is 4.42. The summed E-state index contributed by atoms with van der Waals surface area (Å²) >= 11 is 0. The van der Waals surface area contributed by atoms with E-state index in [0.29, 0.717) is 0 Å². The average molecular weight is 265 g/mol. The van der Waals surface area contributed by atoms with Gasteiger partial charge in [-0.15, -0.1) is 0 Å². The molecular weight excluding hydrogens is 234 g/mol. The first-order chi connectivity index (χ1) is 9.36. The Bertz CT molecular complexity index is 268. The highest BCUT2D eigenvalue weighted by Crippen LogP contribution is 2.09. The number of likely N-dealkylation sites (tertiary alicyclic amines) is 1. The van der Waals surface area contributed by atoms with Crippen LogP contribution >= 0.6 is 0 Å². The Balaban J connectivity index is 0.000000573. The molecule has 2 rings (SSSR count). The molecule has 0 spiro atoms. The van der Waals surface area contributed by atoms with Crippen LogP contribution in [0.5, 0.6) is 5.75 Å². The van der Waals surface area contributed by atoms with Gasteiger partial charge < -0.3 is 4.74 Å². The molecule has 110 valence electrons. The van der Waals surface area contributed by atoms with Crippen molar-refractivity contribution in [2.45, 2.75) is 47.0 Å². The molecule has 1 aliphatic rings. The van der Waals surface area contributed by atoms with Gasteiger partial charge in [-0.3, -0.25) is 4.90 Å². The van der Waals surface area contributed by atoms with Gasteiger partial charge in [0.05, 0.1) is 0 Å². The molecule has 0 saturated carbocycles. The SMILES string of the molecule is CC.CCC.c1ccc(OCCN2CCCC2)cc1. The maximum atomic E-state index is 5.63. The van der Waals surface area contributed by atoms with Crippen molar-refractivity contribution in [3.05, 3.63) is 30.3 Å². The van der Waals surface area contributed by atoms with E-state index in [-0.39, 0.29) is 0 Å². The second kappa shape index (κ2) is 13.4. The molecule has 1 heterocycles. The highest BCUT2D eigenvalue weighted by molar-refractivity contribution is 5.20. The number of benzene rings is 1. The van der Waals surface area contributed by atoms with Crippen LogP contribution in [-0.2, 0) is 0 Å². The van der Waals surface area contributed by atoms with E-state index < -0.39 is 0 Å². The summed E-state index contributed by atoms with van der Waals surface area (Å²) in [5.41, 5.74) is 0. The molecule has 1 aliphatic heterocycles. The Labute approximate surface area is 119 Å². The molecule has 0 amide bonds. The van der Waals surface area contributed by atoms with Gasteiger partial charge in [0.25, 0.3) is 0 Å². The largest absolute Gasteiger partial charge is 0.492 e. The van der Waals surface area contributed by atoms with Gasteiger partial charge in [0.1, 0.15) is 12.4 Å². The minimum Gasteiger partial charge on any atom is -0.492 e. The number of nitrogens with zero attached hydrogens (tertiary/aromatic N) is 1. The van der Waals surface area contributed by atoms with Crippen molar-refractivity contribution in [3.8, 4) is 5.75 Å². The van der Waals surface area contributed by atoms with Crippen LogP contribution in [0, 0.1) is 0 Å². The molecular formula is C17H31NO. The maximum absolute atomic E-state index is 5.63. The quantitative estimate of drug-likeness (QED) is 0.788. The van der Waals surface area contributed by atoms with Crippen molar-refractivity contribution in [2.24, 2.45) is 0 Å². The van der Waals surface area contributed by atoms with Crippen LogP contribution in [0.15, 0.2) is 30.3 Å². The van der Waals surface area contributed by atoms with Crippen molar-refractivity contribution in [1.82, 2.24) is 4.90 Å². The first-order valence-corrected chi connectivity index (χ1v) is 7.77. The lowest BCUT2D eigenvalue weighted by Gasteiger charge is -2.14. The zero-order chi connectivity index (χ0) is 14.3. The number of rotatable bonds is 4. The fourth-order valence-corrected chi connectivity index (χ4v) is 1.82. The van der Waals surface area contributed by atoms with Gasteiger partial charge in [0.15, 0.2) is 0 Å². The van der Waals surface area contributed by atoms with Crippen molar-refractivity contribution < 1.29 is 4.74 Å². The molecule has 1 aromatic rings. The fraction of sp³-hybridized carbons (Fsp3) is 0.647. The molecule has 1 aromatic carbocycles. The lowest BCUT2D eigenvalue weighted by Crippen LogP contribution is -2.25. The van der Waals surface area contributed by atoms with E-state index in [2.05, 4.69) is 18.7 Å². The van der Waals surface area contributed by atoms with E-state index in [1.54, 1.807) is 0 Å². The molecule has 0 bridgehead atoms. The van der Waals surface area contributed by atoms with Gasteiger partial charge in [-0.25, -0.2) is 0 Å².